The summed E-state index contributed by atoms with van der Waals surface area (Å²) in [6.07, 6.45) is 0. The van der Waals surface area contributed by atoms with E-state index in [0.717, 1.165) is 6.07 Å². The van der Waals surface area contributed by atoms with Crippen molar-refractivity contribution < 1.29 is 32.0 Å². The number of hydrogen-bond acceptors (Lipinski definition) is 3. The maximum atomic E-state index is 13.7. The van der Waals surface area contributed by atoms with Gasteiger partial charge in [-0.15, -0.1) is 0 Å². The van der Waals surface area contributed by atoms with Crippen LogP contribution in [0.4, 0.5) is 22.0 Å². The molecule has 1 aromatic carbocycles. The fourth-order valence-electron chi connectivity index (χ4n) is 1.80. The topological polar surface area (TPSA) is 53.4 Å². The first-order valence-corrected chi connectivity index (χ1v) is 5.60. The third-order valence-corrected chi connectivity index (χ3v) is 2.74. The van der Waals surface area contributed by atoms with E-state index in [1.807, 2.05) is 0 Å². The minimum Gasteiger partial charge on any atom is -0.423 e. The van der Waals surface area contributed by atoms with Gasteiger partial charge in [-0.25, -0.2) is 22.0 Å². The van der Waals surface area contributed by atoms with Crippen LogP contribution in [0.15, 0.2) is 12.1 Å². The molecular weight excluding hydrogens is 296 g/mol. The first-order chi connectivity index (χ1) is 9.73. The third-order valence-electron chi connectivity index (χ3n) is 2.74. The third kappa shape index (κ3) is 2.61. The number of benzene rings is 1. The summed E-state index contributed by atoms with van der Waals surface area (Å²) in [5, 5.41) is 18.1. The summed E-state index contributed by atoms with van der Waals surface area (Å²) in [4.78, 5) is 3.66. The Kier molecular flexibility index (Phi) is 3.97. The van der Waals surface area contributed by atoms with Gasteiger partial charge >= 0.3 is 7.12 Å². The van der Waals surface area contributed by atoms with E-state index in [1.165, 1.54) is 13.0 Å². The van der Waals surface area contributed by atoms with Gasteiger partial charge in [-0.05, 0) is 24.5 Å². The lowest BCUT2D eigenvalue weighted by Gasteiger charge is -2.10. The molecule has 0 unspecified atom stereocenters. The van der Waals surface area contributed by atoms with Gasteiger partial charge in [-0.3, -0.25) is 4.98 Å². The van der Waals surface area contributed by atoms with Crippen molar-refractivity contribution >= 4 is 12.6 Å². The van der Waals surface area contributed by atoms with E-state index < -0.39 is 47.5 Å². The molecule has 0 aliphatic heterocycles. The van der Waals surface area contributed by atoms with E-state index >= 15 is 0 Å². The lowest BCUT2D eigenvalue weighted by molar-refractivity contribution is 0.381. The summed E-state index contributed by atoms with van der Waals surface area (Å²) in [6, 6.07) is 2.02. The monoisotopic (exact) mass is 303 g/mol. The molecule has 110 valence electrons. The Hall–Kier alpha value is -2.00. The molecule has 0 radical (unpaired) electrons. The van der Waals surface area contributed by atoms with Gasteiger partial charge in [0.2, 0.25) is 5.82 Å². The van der Waals surface area contributed by atoms with Crippen LogP contribution < -0.4 is 5.46 Å². The fraction of sp³-hybridized carbons (Fsp3) is 0.0833. The molecule has 1 heterocycles. The summed E-state index contributed by atoms with van der Waals surface area (Å²) in [7, 11) is -1.98. The standard InChI is InChI=1S/C12H7BF5NO2/c1-4-2-5(13(20)21)3-6(19-4)7-8(14)10(16)12(18)11(17)9(7)15/h2-3,20-21H,1H3. The van der Waals surface area contributed by atoms with Gasteiger partial charge in [0.05, 0.1) is 11.3 Å². The molecule has 0 saturated heterocycles. The highest BCUT2D eigenvalue weighted by atomic mass is 19.2. The van der Waals surface area contributed by atoms with Gasteiger partial charge in [0.25, 0.3) is 0 Å². The Morgan fingerprint density at radius 1 is 0.857 bits per heavy atom. The summed E-state index contributed by atoms with van der Waals surface area (Å²) < 4.78 is 66.6. The Balaban J connectivity index is 2.79. The number of rotatable bonds is 2. The molecule has 9 heteroatoms. The van der Waals surface area contributed by atoms with Crippen LogP contribution in [0.25, 0.3) is 11.3 Å². The molecule has 1 aromatic heterocycles. The number of aromatic nitrogens is 1. The molecule has 0 aliphatic carbocycles. The molecule has 0 aliphatic rings. The number of halogens is 5. The lowest BCUT2D eigenvalue weighted by Crippen LogP contribution is -2.30. The molecular formula is C12H7BF5NO2. The zero-order valence-electron chi connectivity index (χ0n) is 10.5. The van der Waals surface area contributed by atoms with Gasteiger partial charge in [0.15, 0.2) is 23.3 Å². The minimum absolute atomic E-state index is 0.111. The van der Waals surface area contributed by atoms with Crippen LogP contribution in [-0.4, -0.2) is 22.2 Å². The Morgan fingerprint density at radius 2 is 1.33 bits per heavy atom. The summed E-state index contributed by atoms with van der Waals surface area (Å²) in [6.45, 7) is 1.36. The number of pyridine rings is 1. The van der Waals surface area contributed by atoms with Crippen molar-refractivity contribution in [3.63, 3.8) is 0 Å². The van der Waals surface area contributed by atoms with Crippen LogP contribution >= 0.6 is 0 Å². The van der Waals surface area contributed by atoms with Gasteiger partial charge in [-0.1, -0.05) is 0 Å². The van der Waals surface area contributed by atoms with E-state index in [0.29, 0.717) is 0 Å². The highest BCUT2D eigenvalue weighted by molar-refractivity contribution is 6.58. The molecule has 0 fully saturated rings. The molecule has 0 atom stereocenters. The highest BCUT2D eigenvalue weighted by Gasteiger charge is 2.28. The van der Waals surface area contributed by atoms with Crippen molar-refractivity contribution in [2.24, 2.45) is 0 Å². The van der Waals surface area contributed by atoms with E-state index in [1.54, 1.807) is 0 Å². The Labute approximate surface area is 115 Å². The maximum absolute atomic E-state index is 13.7. The average Bonchev–Trinajstić information content (AvgIpc) is 2.42. The van der Waals surface area contributed by atoms with Crippen molar-refractivity contribution in [3.8, 4) is 11.3 Å². The number of nitrogens with zero attached hydrogens (tertiary/aromatic N) is 1. The van der Waals surface area contributed by atoms with E-state index in [2.05, 4.69) is 4.98 Å². The van der Waals surface area contributed by atoms with E-state index in [4.69, 9.17) is 10.0 Å². The molecule has 2 N–H and O–H groups in total. The van der Waals surface area contributed by atoms with E-state index in [-0.39, 0.29) is 11.2 Å². The molecule has 0 spiro atoms. The van der Waals surface area contributed by atoms with Gasteiger partial charge in [0.1, 0.15) is 0 Å². The van der Waals surface area contributed by atoms with Crippen LogP contribution in [-0.2, 0) is 0 Å². The molecule has 0 bridgehead atoms. The van der Waals surface area contributed by atoms with Crippen LogP contribution in [0, 0.1) is 36.0 Å². The molecule has 0 saturated carbocycles. The zero-order chi connectivity index (χ0) is 15.9. The Morgan fingerprint density at radius 3 is 1.81 bits per heavy atom. The van der Waals surface area contributed by atoms with Crippen molar-refractivity contribution in [2.45, 2.75) is 6.92 Å². The largest absolute Gasteiger partial charge is 0.488 e. The summed E-state index contributed by atoms with van der Waals surface area (Å²) in [5.74, 6) is -10.5. The highest BCUT2D eigenvalue weighted by Crippen LogP contribution is 2.30. The van der Waals surface area contributed by atoms with Crippen LogP contribution in [0.2, 0.25) is 0 Å². The van der Waals surface area contributed by atoms with Crippen LogP contribution in [0.1, 0.15) is 5.69 Å². The lowest BCUT2D eigenvalue weighted by atomic mass is 9.79. The van der Waals surface area contributed by atoms with Gasteiger partial charge < -0.3 is 10.0 Å². The Bertz CT molecular complexity index is 694. The molecule has 2 rings (SSSR count). The van der Waals surface area contributed by atoms with Crippen molar-refractivity contribution in [3.05, 3.63) is 46.9 Å². The maximum Gasteiger partial charge on any atom is 0.488 e. The average molecular weight is 303 g/mol. The summed E-state index contributed by atoms with van der Waals surface area (Å²) in [5.41, 5.74) is -1.90. The first-order valence-electron chi connectivity index (χ1n) is 5.60. The van der Waals surface area contributed by atoms with Gasteiger partial charge in [-0.2, -0.15) is 0 Å². The normalized spacial score (nSPS) is 10.9. The number of hydrogen-bond donors (Lipinski definition) is 2. The SMILES string of the molecule is Cc1cc(B(O)O)cc(-c2c(F)c(F)c(F)c(F)c2F)n1. The van der Waals surface area contributed by atoms with Crippen molar-refractivity contribution in [1.29, 1.82) is 0 Å². The minimum atomic E-state index is -2.27. The van der Waals surface area contributed by atoms with Gasteiger partial charge in [0, 0.05) is 5.69 Å². The predicted molar refractivity (Wildman–Crippen MR) is 64.0 cm³/mol. The summed E-state index contributed by atoms with van der Waals surface area (Å²) >= 11 is 0. The van der Waals surface area contributed by atoms with Crippen LogP contribution in [0.5, 0.6) is 0 Å². The predicted octanol–water partition coefficient (Wildman–Crippen LogP) is 1.43. The first kappa shape index (κ1) is 15.4. The molecule has 2 aromatic rings. The molecule has 3 nitrogen and oxygen atoms in total. The second-order valence-corrected chi connectivity index (χ2v) is 4.25. The van der Waals surface area contributed by atoms with Crippen molar-refractivity contribution in [1.82, 2.24) is 4.98 Å². The van der Waals surface area contributed by atoms with Crippen molar-refractivity contribution in [2.75, 3.05) is 0 Å². The molecule has 0 amide bonds. The molecule has 21 heavy (non-hydrogen) atoms. The fourth-order valence-corrected chi connectivity index (χ4v) is 1.80. The smallest absolute Gasteiger partial charge is 0.423 e. The quantitative estimate of drug-likeness (QED) is 0.382. The zero-order valence-corrected chi connectivity index (χ0v) is 10.5. The second-order valence-electron chi connectivity index (χ2n) is 4.25. The second kappa shape index (κ2) is 5.42. The van der Waals surface area contributed by atoms with Crippen LogP contribution in [0.3, 0.4) is 0 Å². The van der Waals surface area contributed by atoms with E-state index in [9.17, 15) is 22.0 Å². The number of aryl methyl sites for hydroxylation is 1.